The first-order valence-electron chi connectivity index (χ1n) is 7.34. The molecule has 0 spiro atoms. The average Bonchev–Trinajstić information content (AvgIpc) is 2.65. The van der Waals surface area contributed by atoms with Crippen LogP contribution < -0.4 is 25.6 Å². The van der Waals surface area contributed by atoms with Gasteiger partial charge in [0.1, 0.15) is 5.82 Å². The van der Waals surface area contributed by atoms with Crippen LogP contribution in [-0.4, -0.2) is 31.1 Å². The van der Waals surface area contributed by atoms with Gasteiger partial charge in [-0.05, 0) is 42.5 Å². The predicted octanol–water partition coefficient (Wildman–Crippen LogP) is 1.79. The molecule has 0 radical (unpaired) electrons. The Morgan fingerprint density at radius 2 is 1.65 bits per heavy atom. The molecule has 0 aromatic heterocycles. The Bertz CT molecular complexity index is 845. The number of halogens is 1. The molecule has 7 nitrogen and oxygen atoms in total. The summed E-state index contributed by atoms with van der Waals surface area (Å²) in [6.45, 7) is 0. The molecule has 2 amide bonds. The first-order chi connectivity index (χ1) is 12.5. The molecule has 0 unspecified atom stereocenters. The van der Waals surface area contributed by atoms with Gasteiger partial charge in [-0.1, -0.05) is 12.1 Å². The van der Waals surface area contributed by atoms with Crippen molar-refractivity contribution in [2.45, 2.75) is 0 Å². The zero-order valence-electron chi connectivity index (χ0n) is 14.0. The number of ether oxygens (including phenoxy) is 2. The molecule has 0 bridgehead atoms. The number of rotatable bonds is 4. The van der Waals surface area contributed by atoms with Crippen molar-refractivity contribution >= 4 is 29.1 Å². The number of hydrogen-bond donors (Lipinski definition) is 3. The Morgan fingerprint density at radius 1 is 0.962 bits per heavy atom. The van der Waals surface area contributed by atoms with E-state index >= 15 is 0 Å². The van der Waals surface area contributed by atoms with Gasteiger partial charge in [0.2, 0.25) is 0 Å². The Kier molecular flexibility index (Phi) is 6.45. The molecule has 3 N–H and O–H groups in total. The maximum atomic E-state index is 13.5. The molecule has 0 atom stereocenters. The van der Waals surface area contributed by atoms with Crippen LogP contribution in [0, 0.1) is 5.82 Å². The molecule has 2 aromatic rings. The molecule has 0 saturated heterocycles. The van der Waals surface area contributed by atoms with Gasteiger partial charge in [-0.3, -0.25) is 25.8 Å². The molecule has 2 aromatic carbocycles. The molecular formula is C17H16FN3O4S. The minimum Gasteiger partial charge on any atom is -0.493 e. The molecule has 2 rings (SSSR count). The lowest BCUT2D eigenvalue weighted by Crippen LogP contribution is -2.48. The zero-order chi connectivity index (χ0) is 19.1. The number of carbonyl (C=O) groups is 2. The van der Waals surface area contributed by atoms with Gasteiger partial charge < -0.3 is 9.47 Å². The number of benzene rings is 2. The molecule has 136 valence electrons. The van der Waals surface area contributed by atoms with Crippen molar-refractivity contribution in [3.05, 3.63) is 59.4 Å². The fourth-order valence-electron chi connectivity index (χ4n) is 2.01. The van der Waals surface area contributed by atoms with Crippen molar-refractivity contribution in [2.24, 2.45) is 0 Å². The summed E-state index contributed by atoms with van der Waals surface area (Å²) >= 11 is 4.91. The largest absolute Gasteiger partial charge is 0.493 e. The average molecular weight is 377 g/mol. The topological polar surface area (TPSA) is 88.7 Å². The van der Waals surface area contributed by atoms with Crippen LogP contribution in [0.25, 0.3) is 0 Å². The van der Waals surface area contributed by atoms with Crippen molar-refractivity contribution in [1.82, 2.24) is 16.2 Å². The molecule has 0 fully saturated rings. The summed E-state index contributed by atoms with van der Waals surface area (Å²) in [5, 5.41) is 2.08. The number of carbonyl (C=O) groups excluding carboxylic acids is 2. The van der Waals surface area contributed by atoms with E-state index in [1.807, 2.05) is 0 Å². The lowest BCUT2D eigenvalue weighted by molar-refractivity contribution is 0.0933. The monoisotopic (exact) mass is 377 g/mol. The van der Waals surface area contributed by atoms with Crippen LogP contribution in [-0.2, 0) is 0 Å². The highest BCUT2D eigenvalue weighted by Crippen LogP contribution is 2.27. The Labute approximate surface area is 154 Å². The van der Waals surface area contributed by atoms with Crippen LogP contribution in [0.4, 0.5) is 4.39 Å². The van der Waals surface area contributed by atoms with E-state index in [0.717, 1.165) is 6.07 Å². The van der Waals surface area contributed by atoms with Gasteiger partial charge in [0.15, 0.2) is 16.6 Å². The molecule has 9 heteroatoms. The van der Waals surface area contributed by atoms with E-state index in [1.54, 1.807) is 6.07 Å². The van der Waals surface area contributed by atoms with Gasteiger partial charge in [-0.15, -0.1) is 0 Å². The molecule has 0 saturated carbocycles. The minimum atomic E-state index is -0.735. The fourth-order valence-corrected chi connectivity index (χ4v) is 2.15. The van der Waals surface area contributed by atoms with Crippen molar-refractivity contribution in [3.63, 3.8) is 0 Å². The predicted molar refractivity (Wildman–Crippen MR) is 96.6 cm³/mol. The molecule has 0 aliphatic heterocycles. The molecular weight excluding hydrogens is 361 g/mol. The van der Waals surface area contributed by atoms with Crippen LogP contribution >= 0.6 is 12.2 Å². The van der Waals surface area contributed by atoms with Crippen LogP contribution in [0.5, 0.6) is 11.5 Å². The SMILES string of the molecule is COc1ccc(C(=O)NNC(=S)NC(=O)c2ccccc2F)cc1OC. The summed E-state index contributed by atoms with van der Waals surface area (Å²) in [5.74, 6) is -1.07. The maximum Gasteiger partial charge on any atom is 0.269 e. The van der Waals surface area contributed by atoms with Crippen LogP contribution in [0.3, 0.4) is 0 Å². The minimum absolute atomic E-state index is 0.164. The number of hydrazine groups is 1. The van der Waals surface area contributed by atoms with E-state index < -0.39 is 17.6 Å². The van der Waals surface area contributed by atoms with Crippen LogP contribution in [0.15, 0.2) is 42.5 Å². The highest BCUT2D eigenvalue weighted by atomic mass is 32.1. The number of methoxy groups -OCH3 is 2. The van der Waals surface area contributed by atoms with E-state index in [9.17, 15) is 14.0 Å². The zero-order valence-corrected chi connectivity index (χ0v) is 14.8. The summed E-state index contributed by atoms with van der Waals surface area (Å²) in [6, 6.07) is 10.0. The van der Waals surface area contributed by atoms with E-state index in [1.165, 1.54) is 44.6 Å². The van der Waals surface area contributed by atoms with Crippen LogP contribution in [0.1, 0.15) is 20.7 Å². The molecule has 0 heterocycles. The van der Waals surface area contributed by atoms with E-state index in [2.05, 4.69) is 16.2 Å². The lowest BCUT2D eigenvalue weighted by atomic mass is 10.2. The number of thiocarbonyl (C=S) groups is 1. The number of hydrogen-bond acceptors (Lipinski definition) is 5. The molecule has 26 heavy (non-hydrogen) atoms. The third kappa shape index (κ3) is 4.67. The second kappa shape index (κ2) is 8.77. The summed E-state index contributed by atoms with van der Waals surface area (Å²) < 4.78 is 23.8. The van der Waals surface area contributed by atoms with Gasteiger partial charge in [-0.25, -0.2) is 4.39 Å². The van der Waals surface area contributed by atoms with Crippen molar-refractivity contribution in [1.29, 1.82) is 0 Å². The third-order valence-corrected chi connectivity index (χ3v) is 3.48. The van der Waals surface area contributed by atoms with Crippen LogP contribution in [0.2, 0.25) is 0 Å². The summed E-state index contributed by atoms with van der Waals surface area (Å²) in [7, 11) is 2.93. The number of nitrogens with one attached hydrogen (secondary N) is 3. The van der Waals surface area contributed by atoms with E-state index in [4.69, 9.17) is 21.7 Å². The smallest absolute Gasteiger partial charge is 0.269 e. The summed E-state index contributed by atoms with van der Waals surface area (Å²) in [4.78, 5) is 24.0. The summed E-state index contributed by atoms with van der Waals surface area (Å²) in [5.41, 5.74) is 4.81. The first-order valence-corrected chi connectivity index (χ1v) is 7.75. The van der Waals surface area contributed by atoms with Gasteiger partial charge in [0.05, 0.1) is 19.8 Å². The fraction of sp³-hybridized carbons (Fsp3) is 0.118. The maximum absolute atomic E-state index is 13.5. The standard InChI is InChI=1S/C17H16FN3O4S/c1-24-13-8-7-10(9-14(13)25-2)15(22)20-21-17(26)19-16(23)11-5-3-4-6-12(11)18/h3-9H,1-2H3,(H,20,22)(H2,19,21,23,26). The normalized spacial score (nSPS) is 9.81. The van der Waals surface area contributed by atoms with Gasteiger partial charge in [0, 0.05) is 5.56 Å². The van der Waals surface area contributed by atoms with Crippen molar-refractivity contribution < 1.29 is 23.5 Å². The van der Waals surface area contributed by atoms with Gasteiger partial charge in [0.25, 0.3) is 11.8 Å². The number of amides is 2. The van der Waals surface area contributed by atoms with E-state index in [-0.39, 0.29) is 16.2 Å². The highest BCUT2D eigenvalue weighted by molar-refractivity contribution is 7.80. The second-order valence-electron chi connectivity index (χ2n) is 4.91. The van der Waals surface area contributed by atoms with Gasteiger partial charge >= 0.3 is 0 Å². The third-order valence-electron chi connectivity index (χ3n) is 3.28. The lowest BCUT2D eigenvalue weighted by Gasteiger charge is -2.12. The van der Waals surface area contributed by atoms with Crippen molar-refractivity contribution in [2.75, 3.05) is 14.2 Å². The molecule has 0 aliphatic carbocycles. The first kappa shape index (κ1) is 19.1. The van der Waals surface area contributed by atoms with E-state index in [0.29, 0.717) is 11.5 Å². The highest BCUT2D eigenvalue weighted by Gasteiger charge is 2.14. The van der Waals surface area contributed by atoms with Crippen molar-refractivity contribution in [3.8, 4) is 11.5 Å². The molecule has 0 aliphatic rings. The van der Waals surface area contributed by atoms with Gasteiger partial charge in [-0.2, -0.15) is 0 Å². The second-order valence-corrected chi connectivity index (χ2v) is 5.32. The quantitative estimate of drug-likeness (QED) is 0.556. The Morgan fingerprint density at radius 3 is 2.31 bits per heavy atom. The Balaban J connectivity index is 1.94. The Hall–Kier alpha value is -3.20. The summed E-state index contributed by atoms with van der Waals surface area (Å²) in [6.07, 6.45) is 0.